The molecular formula is C8H10N2O3S2. The highest BCUT2D eigenvalue weighted by atomic mass is 32.2. The maximum absolute atomic E-state index is 11.4. The molecule has 2 heterocycles. The van der Waals surface area contributed by atoms with Crippen LogP contribution >= 0.6 is 11.3 Å². The molecular weight excluding hydrogens is 236 g/mol. The number of nitrogens with zero attached hydrogens (tertiary/aromatic N) is 2. The summed E-state index contributed by atoms with van der Waals surface area (Å²) in [5.74, 6) is 0.332. The van der Waals surface area contributed by atoms with Crippen molar-refractivity contribution in [3.05, 3.63) is 10.0 Å². The van der Waals surface area contributed by atoms with Crippen molar-refractivity contribution in [2.24, 2.45) is 0 Å². The summed E-state index contributed by atoms with van der Waals surface area (Å²) in [5.41, 5.74) is 0. The fraction of sp³-hybridized carbons (Fsp3) is 0.625. The summed E-state index contributed by atoms with van der Waals surface area (Å²) in [6, 6.07) is 0. The van der Waals surface area contributed by atoms with Crippen LogP contribution in [0.25, 0.3) is 0 Å². The van der Waals surface area contributed by atoms with Gasteiger partial charge in [0.25, 0.3) is 0 Å². The molecule has 0 amide bonds. The van der Waals surface area contributed by atoms with Crippen LogP contribution in [-0.4, -0.2) is 36.4 Å². The standard InChI is InChI=1S/C8H10N2O3S2/c11-4-7-9-10-8(14-7)6-2-1-3-15(12,13)5-6/h4,6H,1-3,5H2. The number of rotatable bonds is 2. The number of sulfone groups is 1. The fourth-order valence-electron chi connectivity index (χ4n) is 1.68. The van der Waals surface area contributed by atoms with Crippen LogP contribution in [0.1, 0.15) is 33.6 Å². The van der Waals surface area contributed by atoms with Gasteiger partial charge >= 0.3 is 0 Å². The molecule has 2 rings (SSSR count). The molecule has 0 saturated carbocycles. The van der Waals surface area contributed by atoms with Crippen molar-refractivity contribution in [3.63, 3.8) is 0 Å². The third-order valence-corrected chi connectivity index (χ3v) is 5.20. The van der Waals surface area contributed by atoms with Gasteiger partial charge in [0.05, 0.1) is 11.5 Å². The summed E-state index contributed by atoms with van der Waals surface area (Å²) in [6.07, 6.45) is 2.12. The van der Waals surface area contributed by atoms with E-state index in [0.29, 0.717) is 22.7 Å². The van der Waals surface area contributed by atoms with Gasteiger partial charge in [-0.2, -0.15) is 0 Å². The first-order valence-corrected chi connectivity index (χ1v) is 7.23. The van der Waals surface area contributed by atoms with Crippen LogP contribution in [0.5, 0.6) is 0 Å². The first-order chi connectivity index (χ1) is 7.11. The molecule has 0 spiro atoms. The normalized spacial score (nSPS) is 24.9. The van der Waals surface area contributed by atoms with Gasteiger partial charge in [0, 0.05) is 5.92 Å². The van der Waals surface area contributed by atoms with E-state index >= 15 is 0 Å². The van der Waals surface area contributed by atoms with Crippen LogP contribution in [0, 0.1) is 0 Å². The van der Waals surface area contributed by atoms with Gasteiger partial charge < -0.3 is 0 Å². The molecule has 7 heteroatoms. The Hall–Kier alpha value is -0.820. The Labute approximate surface area is 91.5 Å². The molecule has 1 unspecified atom stereocenters. The monoisotopic (exact) mass is 246 g/mol. The first-order valence-electron chi connectivity index (χ1n) is 4.60. The Kier molecular flexibility index (Phi) is 2.83. The lowest BCUT2D eigenvalue weighted by Crippen LogP contribution is -2.23. The molecule has 15 heavy (non-hydrogen) atoms. The van der Waals surface area contributed by atoms with Crippen molar-refractivity contribution in [3.8, 4) is 0 Å². The quantitative estimate of drug-likeness (QED) is 0.716. The van der Waals surface area contributed by atoms with E-state index in [1.807, 2.05) is 0 Å². The Morgan fingerprint density at radius 3 is 2.80 bits per heavy atom. The van der Waals surface area contributed by atoms with Gasteiger partial charge in [-0.25, -0.2) is 8.42 Å². The zero-order chi connectivity index (χ0) is 10.9. The number of hydrogen-bond donors (Lipinski definition) is 0. The molecule has 0 aromatic carbocycles. The largest absolute Gasteiger partial charge is 0.295 e. The Morgan fingerprint density at radius 1 is 1.40 bits per heavy atom. The van der Waals surface area contributed by atoms with Crippen LogP contribution in [0.2, 0.25) is 0 Å². The topological polar surface area (TPSA) is 77.0 Å². The zero-order valence-corrected chi connectivity index (χ0v) is 9.55. The van der Waals surface area contributed by atoms with E-state index < -0.39 is 9.84 Å². The van der Waals surface area contributed by atoms with E-state index in [4.69, 9.17) is 0 Å². The molecule has 1 fully saturated rings. The van der Waals surface area contributed by atoms with Crippen molar-refractivity contribution in [2.45, 2.75) is 18.8 Å². The van der Waals surface area contributed by atoms with Gasteiger partial charge in [-0.1, -0.05) is 11.3 Å². The average molecular weight is 246 g/mol. The highest BCUT2D eigenvalue weighted by molar-refractivity contribution is 7.91. The number of aromatic nitrogens is 2. The lowest BCUT2D eigenvalue weighted by Gasteiger charge is -2.18. The molecule has 0 aliphatic carbocycles. The fourth-order valence-corrected chi connectivity index (χ4v) is 4.29. The highest BCUT2D eigenvalue weighted by Crippen LogP contribution is 2.29. The van der Waals surface area contributed by atoms with Crippen LogP contribution in [0.15, 0.2) is 0 Å². The third-order valence-electron chi connectivity index (χ3n) is 2.37. The minimum atomic E-state index is -2.93. The summed E-state index contributed by atoms with van der Waals surface area (Å²) < 4.78 is 22.8. The minimum absolute atomic E-state index is 0.0741. The van der Waals surface area contributed by atoms with E-state index in [1.165, 1.54) is 11.3 Å². The molecule has 0 N–H and O–H groups in total. The van der Waals surface area contributed by atoms with E-state index in [9.17, 15) is 13.2 Å². The summed E-state index contributed by atoms with van der Waals surface area (Å²) in [7, 11) is -2.93. The zero-order valence-electron chi connectivity index (χ0n) is 7.92. The first kappa shape index (κ1) is 10.7. The van der Waals surface area contributed by atoms with Gasteiger partial charge in [-0.3, -0.25) is 4.79 Å². The lowest BCUT2D eigenvalue weighted by molar-refractivity contribution is 0.112. The molecule has 1 aromatic heterocycles. The smallest absolute Gasteiger partial charge is 0.180 e. The van der Waals surface area contributed by atoms with Crippen molar-refractivity contribution >= 4 is 27.5 Å². The number of hydrogen-bond acceptors (Lipinski definition) is 6. The summed E-state index contributed by atoms with van der Waals surface area (Å²) >= 11 is 1.19. The third kappa shape index (κ3) is 2.40. The second-order valence-corrected chi connectivity index (χ2v) is 6.82. The Bertz CT molecular complexity index is 466. The van der Waals surface area contributed by atoms with E-state index in [-0.39, 0.29) is 17.4 Å². The van der Waals surface area contributed by atoms with Gasteiger partial charge in [0.1, 0.15) is 5.01 Å². The van der Waals surface area contributed by atoms with Gasteiger partial charge in [-0.05, 0) is 12.8 Å². The van der Waals surface area contributed by atoms with Crippen molar-refractivity contribution in [1.29, 1.82) is 0 Å². The Morgan fingerprint density at radius 2 is 2.20 bits per heavy atom. The van der Waals surface area contributed by atoms with E-state index in [2.05, 4.69) is 10.2 Å². The van der Waals surface area contributed by atoms with Crippen molar-refractivity contribution < 1.29 is 13.2 Å². The van der Waals surface area contributed by atoms with Crippen molar-refractivity contribution in [1.82, 2.24) is 10.2 Å². The van der Waals surface area contributed by atoms with Crippen LogP contribution in [0.3, 0.4) is 0 Å². The lowest BCUT2D eigenvalue weighted by atomic mass is 10.1. The highest BCUT2D eigenvalue weighted by Gasteiger charge is 2.28. The van der Waals surface area contributed by atoms with Crippen LogP contribution in [-0.2, 0) is 9.84 Å². The molecule has 0 radical (unpaired) electrons. The molecule has 0 bridgehead atoms. The second-order valence-electron chi connectivity index (χ2n) is 3.55. The predicted molar refractivity (Wildman–Crippen MR) is 55.9 cm³/mol. The predicted octanol–water partition coefficient (Wildman–Crippen LogP) is 0.643. The SMILES string of the molecule is O=Cc1nnc(C2CCCS(=O)(=O)C2)s1. The van der Waals surface area contributed by atoms with Crippen LogP contribution < -0.4 is 0 Å². The molecule has 1 aliphatic heterocycles. The maximum Gasteiger partial charge on any atom is 0.180 e. The van der Waals surface area contributed by atoms with Gasteiger partial charge in [0.2, 0.25) is 0 Å². The summed E-state index contributed by atoms with van der Waals surface area (Å²) in [4.78, 5) is 10.4. The molecule has 1 aromatic rings. The number of carbonyl (C=O) groups is 1. The Balaban J connectivity index is 2.20. The molecule has 1 saturated heterocycles. The number of aldehydes is 1. The molecule has 82 valence electrons. The average Bonchev–Trinajstić information content (AvgIpc) is 2.64. The molecule has 1 aliphatic rings. The summed E-state index contributed by atoms with van der Waals surface area (Å²) in [5, 5.41) is 8.49. The molecule has 5 nitrogen and oxygen atoms in total. The number of carbonyl (C=O) groups excluding carboxylic acids is 1. The maximum atomic E-state index is 11.4. The van der Waals surface area contributed by atoms with Gasteiger partial charge in [0.15, 0.2) is 21.1 Å². The van der Waals surface area contributed by atoms with E-state index in [1.54, 1.807) is 0 Å². The second kappa shape index (κ2) is 3.97. The van der Waals surface area contributed by atoms with Crippen molar-refractivity contribution in [2.75, 3.05) is 11.5 Å². The van der Waals surface area contributed by atoms with E-state index in [0.717, 1.165) is 6.42 Å². The minimum Gasteiger partial charge on any atom is -0.295 e. The summed E-state index contributed by atoms with van der Waals surface area (Å²) in [6.45, 7) is 0. The van der Waals surface area contributed by atoms with Crippen LogP contribution in [0.4, 0.5) is 0 Å². The molecule has 1 atom stereocenters. The van der Waals surface area contributed by atoms with Gasteiger partial charge in [-0.15, -0.1) is 10.2 Å².